The lowest BCUT2D eigenvalue weighted by Crippen LogP contribution is -2.51. The van der Waals surface area contributed by atoms with Crippen LogP contribution in [0.2, 0.25) is 0 Å². The lowest BCUT2D eigenvalue weighted by Gasteiger charge is -2.34. The van der Waals surface area contributed by atoms with E-state index in [1.807, 2.05) is 0 Å². The van der Waals surface area contributed by atoms with Crippen LogP contribution in [0.3, 0.4) is 0 Å². The minimum Gasteiger partial charge on any atom is -0.379 e. The summed E-state index contributed by atoms with van der Waals surface area (Å²) in [6.07, 6.45) is 4.75. The van der Waals surface area contributed by atoms with Gasteiger partial charge < -0.3 is 15.0 Å². The molecule has 2 amide bonds. The maximum absolute atomic E-state index is 12.9. The van der Waals surface area contributed by atoms with E-state index in [-0.39, 0.29) is 6.03 Å². The Morgan fingerprint density at radius 1 is 1.36 bits per heavy atom. The van der Waals surface area contributed by atoms with Gasteiger partial charge in [0.25, 0.3) is 0 Å². The molecule has 2 heterocycles. The molecule has 2 fully saturated rings. The molecule has 1 atom stereocenters. The summed E-state index contributed by atoms with van der Waals surface area (Å²) in [5, 5.41) is 3.19. The van der Waals surface area contributed by atoms with Gasteiger partial charge in [-0.05, 0) is 38.8 Å². The summed E-state index contributed by atoms with van der Waals surface area (Å²) < 4.78 is 5.41. The number of rotatable bonds is 6. The molecule has 1 aliphatic carbocycles. The van der Waals surface area contributed by atoms with Gasteiger partial charge in [0.15, 0.2) is 0 Å². The fraction of sp³-hybridized carbons (Fsp3) is 0.737. The van der Waals surface area contributed by atoms with E-state index in [9.17, 15) is 4.79 Å². The number of carbonyl (C=O) groups is 1. The molecule has 3 rings (SSSR count). The van der Waals surface area contributed by atoms with Crippen LogP contribution in [-0.2, 0) is 11.3 Å². The van der Waals surface area contributed by atoms with E-state index in [0.29, 0.717) is 18.6 Å². The second kappa shape index (κ2) is 9.01. The molecule has 1 aromatic rings. The summed E-state index contributed by atoms with van der Waals surface area (Å²) in [6.45, 7) is 9.25. The van der Waals surface area contributed by atoms with Crippen LogP contribution in [0.4, 0.5) is 4.79 Å². The molecule has 0 unspecified atom stereocenters. The average molecular weight is 366 g/mol. The number of aryl methyl sites for hydroxylation is 1. The number of nitrogens with one attached hydrogen (secondary N) is 1. The number of nitrogens with zero attached hydrogens (tertiary/aromatic N) is 2. The maximum Gasteiger partial charge on any atom is 0.318 e. The number of ether oxygens (including phenoxy) is 1. The quantitative estimate of drug-likeness (QED) is 0.842. The molecule has 1 saturated heterocycles. The molecule has 1 aromatic heterocycles. The van der Waals surface area contributed by atoms with Crippen molar-refractivity contribution in [3.05, 3.63) is 21.9 Å². The largest absolute Gasteiger partial charge is 0.379 e. The lowest BCUT2D eigenvalue weighted by atomic mass is 10.2. The highest BCUT2D eigenvalue weighted by Gasteiger charge is 2.27. The normalized spacial score (nSPS) is 20.6. The molecule has 1 N–H and O–H groups in total. The Hall–Kier alpha value is -1.11. The Bertz CT molecular complexity index is 551. The topological polar surface area (TPSA) is 44.8 Å². The number of carbonyl (C=O) groups excluding carboxylic acids is 1. The van der Waals surface area contributed by atoms with Crippen molar-refractivity contribution in [3.8, 4) is 0 Å². The van der Waals surface area contributed by atoms with Crippen LogP contribution in [0, 0.1) is 6.92 Å². The molecule has 140 valence electrons. The SMILES string of the molecule is Cc1ccc(CN(C(=O)NC[C@H](C)N2CCOCC2)C2CCCC2)s1. The number of amides is 2. The van der Waals surface area contributed by atoms with E-state index < -0.39 is 0 Å². The van der Waals surface area contributed by atoms with E-state index in [1.165, 1.54) is 22.6 Å². The predicted molar refractivity (Wildman–Crippen MR) is 102 cm³/mol. The van der Waals surface area contributed by atoms with E-state index in [4.69, 9.17) is 4.74 Å². The summed E-state index contributed by atoms with van der Waals surface area (Å²) in [7, 11) is 0. The Balaban J connectivity index is 1.56. The van der Waals surface area contributed by atoms with E-state index in [0.717, 1.165) is 45.7 Å². The molecular formula is C19H31N3O2S. The van der Waals surface area contributed by atoms with E-state index in [2.05, 4.69) is 41.1 Å². The molecule has 5 nitrogen and oxygen atoms in total. The highest BCUT2D eigenvalue weighted by molar-refractivity contribution is 7.11. The van der Waals surface area contributed by atoms with Crippen LogP contribution in [-0.4, -0.2) is 60.8 Å². The minimum absolute atomic E-state index is 0.0954. The third-order valence-electron chi connectivity index (χ3n) is 5.37. The first-order chi connectivity index (χ1) is 12.1. The zero-order chi connectivity index (χ0) is 17.6. The van der Waals surface area contributed by atoms with Crippen molar-refractivity contribution < 1.29 is 9.53 Å². The van der Waals surface area contributed by atoms with Gasteiger partial charge in [-0.15, -0.1) is 11.3 Å². The molecule has 1 saturated carbocycles. The zero-order valence-electron chi connectivity index (χ0n) is 15.5. The van der Waals surface area contributed by atoms with Crippen molar-refractivity contribution in [2.75, 3.05) is 32.8 Å². The molecule has 6 heteroatoms. The Morgan fingerprint density at radius 2 is 2.08 bits per heavy atom. The molecular weight excluding hydrogens is 334 g/mol. The Labute approximate surface area is 155 Å². The van der Waals surface area contributed by atoms with Crippen LogP contribution in [0.25, 0.3) is 0 Å². The van der Waals surface area contributed by atoms with E-state index >= 15 is 0 Å². The molecule has 0 spiro atoms. The number of hydrogen-bond acceptors (Lipinski definition) is 4. The number of morpholine rings is 1. The third kappa shape index (κ3) is 5.19. The Morgan fingerprint density at radius 3 is 2.72 bits per heavy atom. The van der Waals surface area contributed by atoms with E-state index in [1.54, 1.807) is 11.3 Å². The van der Waals surface area contributed by atoms with Crippen molar-refractivity contribution in [3.63, 3.8) is 0 Å². The minimum atomic E-state index is 0.0954. The fourth-order valence-corrected chi connectivity index (χ4v) is 4.69. The summed E-state index contributed by atoms with van der Waals surface area (Å²) >= 11 is 1.80. The van der Waals surface area contributed by atoms with Gasteiger partial charge in [0.05, 0.1) is 19.8 Å². The number of hydrogen-bond donors (Lipinski definition) is 1. The van der Waals surface area contributed by atoms with Gasteiger partial charge in [-0.2, -0.15) is 0 Å². The van der Waals surface area contributed by atoms with Crippen LogP contribution in [0.5, 0.6) is 0 Å². The van der Waals surface area contributed by atoms with Gasteiger partial charge in [0.1, 0.15) is 0 Å². The first kappa shape index (κ1) is 18.7. The fourth-order valence-electron chi connectivity index (χ4n) is 3.80. The molecule has 1 aliphatic heterocycles. The highest BCUT2D eigenvalue weighted by atomic mass is 32.1. The van der Waals surface area contributed by atoms with Crippen molar-refractivity contribution in [2.45, 2.75) is 58.2 Å². The van der Waals surface area contributed by atoms with Gasteiger partial charge >= 0.3 is 6.03 Å². The molecule has 0 aromatic carbocycles. The monoisotopic (exact) mass is 365 g/mol. The van der Waals surface area contributed by atoms with Crippen molar-refractivity contribution >= 4 is 17.4 Å². The molecule has 0 radical (unpaired) electrons. The van der Waals surface area contributed by atoms with Crippen LogP contribution >= 0.6 is 11.3 Å². The van der Waals surface area contributed by atoms with Crippen LogP contribution < -0.4 is 5.32 Å². The third-order valence-corrected chi connectivity index (χ3v) is 6.35. The summed E-state index contributed by atoms with van der Waals surface area (Å²) in [5.41, 5.74) is 0. The molecule has 25 heavy (non-hydrogen) atoms. The van der Waals surface area contributed by atoms with Crippen LogP contribution in [0.1, 0.15) is 42.4 Å². The second-order valence-corrected chi connectivity index (χ2v) is 8.63. The average Bonchev–Trinajstić information content (AvgIpc) is 3.29. The summed E-state index contributed by atoms with van der Waals surface area (Å²) in [5.74, 6) is 0. The van der Waals surface area contributed by atoms with Gasteiger partial charge in [-0.3, -0.25) is 4.90 Å². The van der Waals surface area contributed by atoms with Crippen molar-refractivity contribution in [1.82, 2.24) is 15.1 Å². The van der Waals surface area contributed by atoms with Crippen molar-refractivity contribution in [2.24, 2.45) is 0 Å². The maximum atomic E-state index is 12.9. The van der Waals surface area contributed by atoms with Crippen molar-refractivity contribution in [1.29, 1.82) is 0 Å². The number of urea groups is 1. The first-order valence-electron chi connectivity index (χ1n) is 9.55. The first-order valence-corrected chi connectivity index (χ1v) is 10.4. The van der Waals surface area contributed by atoms with Gasteiger partial charge in [-0.25, -0.2) is 4.79 Å². The second-order valence-electron chi connectivity index (χ2n) is 7.26. The van der Waals surface area contributed by atoms with Gasteiger partial charge in [0.2, 0.25) is 0 Å². The Kier molecular flexibility index (Phi) is 6.73. The highest BCUT2D eigenvalue weighted by Crippen LogP contribution is 2.26. The summed E-state index contributed by atoms with van der Waals surface area (Å²) in [6, 6.07) is 5.14. The smallest absolute Gasteiger partial charge is 0.318 e. The summed E-state index contributed by atoms with van der Waals surface area (Å²) in [4.78, 5) is 20.0. The zero-order valence-corrected chi connectivity index (χ0v) is 16.3. The molecule has 0 bridgehead atoms. The molecule has 2 aliphatic rings. The lowest BCUT2D eigenvalue weighted by molar-refractivity contribution is 0.0205. The predicted octanol–water partition coefficient (Wildman–Crippen LogP) is 3.23. The van der Waals surface area contributed by atoms with Gasteiger partial charge in [0, 0.05) is 41.5 Å². The number of thiophene rings is 1. The standard InChI is InChI=1S/C19H31N3O2S/c1-15(21-9-11-24-12-10-21)13-20-19(23)22(17-5-3-4-6-17)14-18-8-7-16(2)25-18/h7-8,15,17H,3-6,9-14H2,1-2H3,(H,20,23)/t15-/m0/s1. The van der Waals surface area contributed by atoms with Gasteiger partial charge in [-0.1, -0.05) is 12.8 Å². The van der Waals surface area contributed by atoms with Crippen LogP contribution in [0.15, 0.2) is 12.1 Å².